The number of anilines is 4. The fraction of sp³-hybridized carbons (Fsp3) is 0.429. The normalized spacial score (nSPS) is 16.6. The summed E-state index contributed by atoms with van der Waals surface area (Å²) in [6.07, 6.45) is 6.24. The highest BCUT2D eigenvalue weighted by Gasteiger charge is 2.23. The first-order valence-corrected chi connectivity index (χ1v) is 11.7. The molecule has 3 aromatic rings. The third kappa shape index (κ3) is 4.27. The van der Waals surface area contributed by atoms with E-state index < -0.39 is 0 Å². The van der Waals surface area contributed by atoms with E-state index in [1.54, 1.807) is 18.1 Å². The van der Waals surface area contributed by atoms with Gasteiger partial charge in [0.25, 0.3) is 0 Å². The average molecular weight is 423 g/mol. The van der Waals surface area contributed by atoms with Crippen LogP contribution in [0.2, 0.25) is 0 Å². The van der Waals surface area contributed by atoms with Gasteiger partial charge in [0.1, 0.15) is 17.4 Å². The zero-order valence-electron chi connectivity index (χ0n) is 17.1. The lowest BCUT2D eigenvalue weighted by molar-refractivity contribution is 0.581. The second-order valence-corrected chi connectivity index (χ2v) is 8.59. The van der Waals surface area contributed by atoms with E-state index in [4.69, 9.17) is 9.97 Å². The number of nitrogens with one attached hydrogen (secondary N) is 3. The van der Waals surface area contributed by atoms with Crippen LogP contribution in [0.5, 0.6) is 0 Å². The van der Waals surface area contributed by atoms with Gasteiger partial charge in [0.05, 0.1) is 0 Å². The maximum absolute atomic E-state index is 4.89. The molecule has 2 fully saturated rings. The number of aromatic nitrogens is 4. The van der Waals surface area contributed by atoms with Crippen molar-refractivity contribution in [1.82, 2.24) is 25.3 Å². The molecule has 3 heterocycles. The molecule has 0 atom stereocenters. The first-order chi connectivity index (χ1) is 14.8. The maximum atomic E-state index is 4.89. The van der Waals surface area contributed by atoms with Crippen molar-refractivity contribution < 1.29 is 0 Å². The molecular formula is C21H26N8S. The van der Waals surface area contributed by atoms with Gasteiger partial charge in [-0.1, -0.05) is 6.07 Å². The molecule has 30 heavy (non-hydrogen) atoms. The molecule has 1 saturated carbocycles. The van der Waals surface area contributed by atoms with Crippen molar-refractivity contribution in [3.05, 3.63) is 30.6 Å². The van der Waals surface area contributed by atoms with Gasteiger partial charge in [0.2, 0.25) is 5.95 Å². The van der Waals surface area contributed by atoms with Crippen molar-refractivity contribution in [1.29, 1.82) is 0 Å². The number of nitrogens with zero attached hydrogens (tertiary/aromatic N) is 5. The molecule has 0 radical (unpaired) electrons. The van der Waals surface area contributed by atoms with Gasteiger partial charge in [-0.25, -0.2) is 15.0 Å². The zero-order chi connectivity index (χ0) is 20.3. The number of piperazine rings is 1. The third-order valence-electron chi connectivity index (χ3n) is 5.46. The SMILES string of the molecule is CSc1cccc(Nc2nc(N3CCNCC3)nc3c(NCC4CC4)ncnc23)c1. The van der Waals surface area contributed by atoms with Gasteiger partial charge >= 0.3 is 0 Å². The largest absolute Gasteiger partial charge is 0.368 e. The Morgan fingerprint density at radius 1 is 1.10 bits per heavy atom. The van der Waals surface area contributed by atoms with Crippen LogP contribution in [0.4, 0.5) is 23.3 Å². The van der Waals surface area contributed by atoms with Crippen molar-refractivity contribution in [2.75, 3.05) is 54.5 Å². The number of fused-ring (bicyclic) bond motifs is 1. The van der Waals surface area contributed by atoms with Gasteiger partial charge in [-0.15, -0.1) is 11.8 Å². The van der Waals surface area contributed by atoms with Crippen molar-refractivity contribution in [3.63, 3.8) is 0 Å². The molecule has 2 aliphatic rings. The number of hydrogen-bond donors (Lipinski definition) is 3. The van der Waals surface area contributed by atoms with E-state index in [9.17, 15) is 0 Å². The molecule has 1 saturated heterocycles. The maximum Gasteiger partial charge on any atom is 0.228 e. The molecule has 8 nitrogen and oxygen atoms in total. The predicted molar refractivity (Wildman–Crippen MR) is 123 cm³/mol. The molecule has 1 aliphatic carbocycles. The summed E-state index contributed by atoms with van der Waals surface area (Å²) in [6.45, 7) is 4.55. The van der Waals surface area contributed by atoms with Crippen LogP contribution in [0.25, 0.3) is 11.0 Å². The second kappa shape index (κ2) is 8.61. The van der Waals surface area contributed by atoms with E-state index in [-0.39, 0.29) is 0 Å². The van der Waals surface area contributed by atoms with Gasteiger partial charge in [-0.3, -0.25) is 0 Å². The molecular weight excluding hydrogens is 396 g/mol. The zero-order valence-corrected chi connectivity index (χ0v) is 17.9. The molecule has 2 aromatic heterocycles. The monoisotopic (exact) mass is 422 g/mol. The third-order valence-corrected chi connectivity index (χ3v) is 6.18. The van der Waals surface area contributed by atoms with Gasteiger partial charge in [-0.05, 0) is 43.2 Å². The Kier molecular flexibility index (Phi) is 5.54. The molecule has 0 bridgehead atoms. The van der Waals surface area contributed by atoms with Crippen LogP contribution >= 0.6 is 11.8 Å². The van der Waals surface area contributed by atoms with Crippen LogP contribution in [0, 0.1) is 5.92 Å². The van der Waals surface area contributed by atoms with Gasteiger partial charge in [0, 0.05) is 43.3 Å². The number of hydrogen-bond acceptors (Lipinski definition) is 9. The van der Waals surface area contributed by atoms with E-state index in [1.165, 1.54) is 17.7 Å². The van der Waals surface area contributed by atoms with Crippen LogP contribution < -0.4 is 20.9 Å². The molecule has 0 amide bonds. The van der Waals surface area contributed by atoms with E-state index in [0.717, 1.165) is 67.1 Å². The Hall–Kier alpha value is -2.65. The fourth-order valence-electron chi connectivity index (χ4n) is 3.56. The summed E-state index contributed by atoms with van der Waals surface area (Å²) >= 11 is 1.72. The highest BCUT2D eigenvalue weighted by atomic mass is 32.2. The molecule has 1 aromatic carbocycles. The van der Waals surface area contributed by atoms with Crippen LogP contribution in [0.3, 0.4) is 0 Å². The van der Waals surface area contributed by atoms with Crippen molar-refractivity contribution in [2.45, 2.75) is 17.7 Å². The van der Waals surface area contributed by atoms with Gasteiger partial charge < -0.3 is 20.9 Å². The van der Waals surface area contributed by atoms with E-state index in [0.29, 0.717) is 5.82 Å². The molecule has 156 valence electrons. The lowest BCUT2D eigenvalue weighted by Gasteiger charge is -2.28. The Balaban J connectivity index is 1.56. The summed E-state index contributed by atoms with van der Waals surface area (Å²) in [4.78, 5) is 22.2. The predicted octanol–water partition coefficient (Wildman–Crippen LogP) is 3.12. The van der Waals surface area contributed by atoms with Crippen molar-refractivity contribution in [2.24, 2.45) is 5.92 Å². The molecule has 0 unspecified atom stereocenters. The number of rotatable bonds is 7. The smallest absolute Gasteiger partial charge is 0.228 e. The Morgan fingerprint density at radius 2 is 1.97 bits per heavy atom. The van der Waals surface area contributed by atoms with Gasteiger partial charge in [0.15, 0.2) is 11.6 Å². The minimum absolute atomic E-state index is 0.712. The van der Waals surface area contributed by atoms with E-state index in [1.807, 2.05) is 12.1 Å². The lowest BCUT2D eigenvalue weighted by Crippen LogP contribution is -2.44. The highest BCUT2D eigenvalue weighted by Crippen LogP contribution is 2.32. The number of thioether (sulfide) groups is 1. The first kappa shape index (κ1) is 19.3. The topological polar surface area (TPSA) is 90.9 Å². The van der Waals surface area contributed by atoms with E-state index >= 15 is 0 Å². The highest BCUT2D eigenvalue weighted by molar-refractivity contribution is 7.98. The fourth-order valence-corrected chi connectivity index (χ4v) is 4.02. The van der Waals surface area contributed by atoms with E-state index in [2.05, 4.69) is 49.2 Å². The summed E-state index contributed by atoms with van der Waals surface area (Å²) in [5.41, 5.74) is 2.49. The molecule has 3 N–H and O–H groups in total. The van der Waals surface area contributed by atoms with Crippen molar-refractivity contribution in [3.8, 4) is 0 Å². The molecule has 0 spiro atoms. The summed E-state index contributed by atoms with van der Waals surface area (Å²) in [5.74, 6) is 2.96. The number of benzene rings is 1. The first-order valence-electron chi connectivity index (χ1n) is 10.4. The summed E-state index contributed by atoms with van der Waals surface area (Å²) in [7, 11) is 0. The minimum atomic E-state index is 0.712. The second-order valence-electron chi connectivity index (χ2n) is 7.71. The lowest BCUT2D eigenvalue weighted by atomic mass is 10.3. The van der Waals surface area contributed by atoms with Gasteiger partial charge in [-0.2, -0.15) is 4.98 Å². The van der Waals surface area contributed by atoms with Crippen molar-refractivity contribution >= 4 is 46.1 Å². The quantitative estimate of drug-likeness (QED) is 0.497. The summed E-state index contributed by atoms with van der Waals surface area (Å²) in [5, 5.41) is 10.4. The Morgan fingerprint density at radius 3 is 2.77 bits per heavy atom. The summed E-state index contributed by atoms with van der Waals surface area (Å²) in [6, 6.07) is 8.32. The summed E-state index contributed by atoms with van der Waals surface area (Å²) < 4.78 is 0. The Labute approximate surface area is 180 Å². The molecule has 5 rings (SSSR count). The Bertz CT molecular complexity index is 1030. The molecule has 9 heteroatoms. The average Bonchev–Trinajstić information content (AvgIpc) is 3.63. The van der Waals surface area contributed by atoms with Crippen LogP contribution in [0.15, 0.2) is 35.5 Å². The van der Waals surface area contributed by atoms with Crippen LogP contribution in [-0.2, 0) is 0 Å². The standard InChI is InChI=1S/C21H26N8S/c1-30-16-4-2-3-15(11-16)26-20-17-18(19(25-13-24-17)23-12-14-5-6-14)27-21(28-20)29-9-7-22-8-10-29/h2-4,11,13-14,22H,5-10,12H2,1H3,(H,23,24,25)(H,26,27,28). The molecule has 1 aliphatic heterocycles. The minimum Gasteiger partial charge on any atom is -0.368 e. The van der Waals surface area contributed by atoms with Crippen LogP contribution in [-0.4, -0.2) is 58.9 Å². The van der Waals surface area contributed by atoms with Crippen LogP contribution in [0.1, 0.15) is 12.8 Å².